The molecule has 2 rings (SSSR count). The second kappa shape index (κ2) is 7.35. The molecule has 126 valence electrons. The molecule has 0 atom stereocenters. The normalized spacial score (nSPS) is 12.1. The van der Waals surface area contributed by atoms with Crippen molar-refractivity contribution in [3.8, 4) is 11.3 Å². The third kappa shape index (κ3) is 4.48. The number of alkyl halides is 3. The van der Waals surface area contributed by atoms with Gasteiger partial charge in [0.15, 0.2) is 0 Å². The fraction of sp³-hybridized carbons (Fsp3) is 0.333. The van der Waals surface area contributed by atoms with Crippen LogP contribution in [0.15, 0.2) is 34.7 Å². The quantitative estimate of drug-likeness (QED) is 0.750. The van der Waals surface area contributed by atoms with Crippen LogP contribution in [0, 0.1) is 0 Å². The van der Waals surface area contributed by atoms with E-state index in [4.69, 9.17) is 26.2 Å². The van der Waals surface area contributed by atoms with E-state index in [0.717, 1.165) is 6.07 Å². The van der Waals surface area contributed by atoms with Gasteiger partial charge in [-0.2, -0.15) is 13.2 Å². The predicted octanol–water partition coefficient (Wildman–Crippen LogP) is 3.06. The van der Waals surface area contributed by atoms with Gasteiger partial charge < -0.3 is 19.9 Å². The molecule has 1 aromatic carbocycles. The zero-order valence-corrected chi connectivity index (χ0v) is 12.7. The molecule has 0 spiro atoms. The van der Waals surface area contributed by atoms with Crippen LogP contribution in [0.5, 0.6) is 0 Å². The van der Waals surface area contributed by atoms with E-state index in [1.807, 2.05) is 0 Å². The monoisotopic (exact) mass is 349 g/mol. The number of hydrogen-bond acceptors (Lipinski definition) is 4. The third-order valence-electron chi connectivity index (χ3n) is 3.22. The first-order valence-electron chi connectivity index (χ1n) is 6.76. The van der Waals surface area contributed by atoms with Crippen molar-refractivity contribution in [1.82, 2.24) is 5.32 Å². The second-order valence-electron chi connectivity index (χ2n) is 4.90. The van der Waals surface area contributed by atoms with Crippen molar-refractivity contribution >= 4 is 11.6 Å². The van der Waals surface area contributed by atoms with Crippen LogP contribution in [-0.2, 0) is 12.7 Å². The summed E-state index contributed by atoms with van der Waals surface area (Å²) in [5.74, 6) is 0.740. The Morgan fingerprint density at radius 1 is 1.13 bits per heavy atom. The highest BCUT2D eigenvalue weighted by Gasteiger charge is 2.33. The van der Waals surface area contributed by atoms with Gasteiger partial charge in [0, 0.05) is 5.56 Å². The number of hydrogen-bond donors (Lipinski definition) is 3. The number of benzene rings is 1. The molecular formula is C15H15ClF3NO3. The van der Waals surface area contributed by atoms with Crippen LogP contribution in [0.2, 0.25) is 5.02 Å². The Morgan fingerprint density at radius 3 is 2.43 bits per heavy atom. The second-order valence-corrected chi connectivity index (χ2v) is 5.31. The average molecular weight is 350 g/mol. The van der Waals surface area contributed by atoms with Crippen molar-refractivity contribution in [3.63, 3.8) is 0 Å². The van der Waals surface area contributed by atoms with Crippen LogP contribution in [-0.4, -0.2) is 29.5 Å². The van der Waals surface area contributed by atoms with Gasteiger partial charge in [0.2, 0.25) is 0 Å². The molecular weight excluding hydrogens is 335 g/mol. The molecule has 0 fully saturated rings. The van der Waals surface area contributed by atoms with Crippen LogP contribution < -0.4 is 5.32 Å². The molecule has 1 aromatic heterocycles. The Labute approximate surface area is 135 Å². The summed E-state index contributed by atoms with van der Waals surface area (Å²) in [6, 6.07) is 6.22. The Hall–Kier alpha value is -1.54. The first-order chi connectivity index (χ1) is 10.8. The average Bonchev–Trinajstić information content (AvgIpc) is 2.96. The van der Waals surface area contributed by atoms with E-state index in [2.05, 4.69) is 5.32 Å². The minimum absolute atomic E-state index is 0.228. The molecule has 0 amide bonds. The molecule has 0 radical (unpaired) electrons. The molecule has 23 heavy (non-hydrogen) atoms. The number of aliphatic hydroxyl groups excluding tert-OH is 2. The van der Waals surface area contributed by atoms with E-state index in [9.17, 15) is 13.2 Å². The summed E-state index contributed by atoms with van der Waals surface area (Å²) < 4.78 is 44.1. The topological polar surface area (TPSA) is 65.6 Å². The molecule has 2 aromatic rings. The van der Waals surface area contributed by atoms with Crippen molar-refractivity contribution in [1.29, 1.82) is 0 Å². The minimum atomic E-state index is -4.54. The lowest BCUT2D eigenvalue weighted by Crippen LogP contribution is -2.35. The largest absolute Gasteiger partial charge is 0.460 e. The van der Waals surface area contributed by atoms with E-state index >= 15 is 0 Å². The molecule has 0 unspecified atom stereocenters. The van der Waals surface area contributed by atoms with Gasteiger partial charge in [-0.15, -0.1) is 0 Å². The number of furan rings is 1. The lowest BCUT2D eigenvalue weighted by atomic mass is 10.1. The van der Waals surface area contributed by atoms with Gasteiger partial charge in [-0.3, -0.25) is 0 Å². The highest BCUT2D eigenvalue weighted by Crippen LogP contribution is 2.37. The predicted molar refractivity (Wildman–Crippen MR) is 79.0 cm³/mol. The highest BCUT2D eigenvalue weighted by atomic mass is 35.5. The smallest absolute Gasteiger partial charge is 0.417 e. The van der Waals surface area contributed by atoms with Crippen LogP contribution in [0.25, 0.3) is 11.3 Å². The third-order valence-corrected chi connectivity index (χ3v) is 3.55. The van der Waals surface area contributed by atoms with Crippen LogP contribution in [0.3, 0.4) is 0 Å². The number of halogens is 4. The summed E-state index contributed by atoms with van der Waals surface area (Å²) in [7, 11) is 0. The number of aliphatic hydroxyl groups is 2. The molecule has 8 heteroatoms. The van der Waals surface area contributed by atoms with E-state index < -0.39 is 17.8 Å². The minimum Gasteiger partial charge on any atom is -0.460 e. The lowest BCUT2D eigenvalue weighted by Gasteiger charge is -2.11. The van der Waals surface area contributed by atoms with Crippen molar-refractivity contribution in [2.45, 2.75) is 18.8 Å². The molecule has 4 nitrogen and oxygen atoms in total. The van der Waals surface area contributed by atoms with Gasteiger partial charge in [-0.1, -0.05) is 11.6 Å². The summed E-state index contributed by atoms with van der Waals surface area (Å²) >= 11 is 5.58. The highest BCUT2D eigenvalue weighted by molar-refractivity contribution is 6.31. The number of nitrogens with one attached hydrogen (secondary N) is 1. The van der Waals surface area contributed by atoms with E-state index in [1.54, 1.807) is 12.1 Å². The van der Waals surface area contributed by atoms with Crippen LogP contribution in [0.4, 0.5) is 13.2 Å². The van der Waals surface area contributed by atoms with E-state index in [-0.39, 0.29) is 36.1 Å². The zero-order valence-electron chi connectivity index (χ0n) is 11.9. The summed E-state index contributed by atoms with van der Waals surface area (Å²) in [5, 5.41) is 20.4. The Morgan fingerprint density at radius 2 is 1.83 bits per heavy atom. The maximum atomic E-state index is 12.9. The first kappa shape index (κ1) is 17.8. The maximum Gasteiger partial charge on any atom is 0.417 e. The Balaban J connectivity index is 2.17. The number of rotatable bonds is 6. The van der Waals surface area contributed by atoms with Crippen LogP contribution in [0.1, 0.15) is 11.3 Å². The van der Waals surface area contributed by atoms with Crippen molar-refractivity contribution in [2.24, 2.45) is 0 Å². The first-order valence-corrected chi connectivity index (χ1v) is 7.14. The van der Waals surface area contributed by atoms with Gasteiger partial charge in [0.25, 0.3) is 0 Å². The lowest BCUT2D eigenvalue weighted by molar-refractivity contribution is -0.137. The Bertz CT molecular complexity index is 654. The molecule has 3 N–H and O–H groups in total. The van der Waals surface area contributed by atoms with E-state index in [1.165, 1.54) is 12.1 Å². The standard InChI is InChI=1S/C15H15ClF3NO3/c16-13-3-1-9(5-12(13)15(17,18)19)14-4-2-11(23-14)6-20-10(7-21)8-22/h1-5,10,20-22H,6-8H2. The van der Waals surface area contributed by atoms with Crippen molar-refractivity contribution in [3.05, 3.63) is 46.7 Å². The van der Waals surface area contributed by atoms with Gasteiger partial charge in [0.05, 0.1) is 36.4 Å². The fourth-order valence-electron chi connectivity index (χ4n) is 1.96. The molecule has 0 saturated carbocycles. The fourth-order valence-corrected chi connectivity index (χ4v) is 2.18. The molecule has 1 heterocycles. The molecule has 0 saturated heterocycles. The van der Waals surface area contributed by atoms with E-state index in [0.29, 0.717) is 5.76 Å². The summed E-state index contributed by atoms with van der Waals surface area (Å²) in [6.07, 6.45) is -4.54. The SMILES string of the molecule is OCC(CO)NCc1ccc(-c2ccc(Cl)c(C(F)(F)F)c2)o1. The van der Waals surface area contributed by atoms with Gasteiger partial charge in [0.1, 0.15) is 11.5 Å². The van der Waals surface area contributed by atoms with Crippen molar-refractivity contribution < 1.29 is 27.8 Å². The molecule has 0 aliphatic heterocycles. The molecule has 0 aliphatic rings. The summed E-state index contributed by atoms with van der Waals surface area (Å²) in [5.41, 5.74) is -0.665. The Kier molecular flexibility index (Phi) is 5.69. The van der Waals surface area contributed by atoms with Gasteiger partial charge in [-0.25, -0.2) is 0 Å². The molecule has 0 bridgehead atoms. The van der Waals surface area contributed by atoms with Gasteiger partial charge >= 0.3 is 6.18 Å². The zero-order chi connectivity index (χ0) is 17.0. The summed E-state index contributed by atoms with van der Waals surface area (Å²) in [6.45, 7) is -0.252. The van der Waals surface area contributed by atoms with Crippen molar-refractivity contribution in [2.75, 3.05) is 13.2 Å². The maximum absolute atomic E-state index is 12.9. The van der Waals surface area contributed by atoms with Gasteiger partial charge in [-0.05, 0) is 30.3 Å². The van der Waals surface area contributed by atoms with Crippen LogP contribution >= 0.6 is 11.6 Å². The summed E-state index contributed by atoms with van der Waals surface area (Å²) in [4.78, 5) is 0. The molecule has 0 aliphatic carbocycles.